The van der Waals surface area contributed by atoms with E-state index in [9.17, 15) is 9.18 Å². The third-order valence-electron chi connectivity index (χ3n) is 2.35. The van der Waals surface area contributed by atoms with E-state index in [0.717, 1.165) is 0 Å². The van der Waals surface area contributed by atoms with E-state index in [0.29, 0.717) is 27.6 Å². The number of halogens is 2. The van der Waals surface area contributed by atoms with E-state index in [-0.39, 0.29) is 18.2 Å². The van der Waals surface area contributed by atoms with Gasteiger partial charge in [0.2, 0.25) is 0 Å². The summed E-state index contributed by atoms with van der Waals surface area (Å²) in [5, 5.41) is 5.37. The van der Waals surface area contributed by atoms with Gasteiger partial charge in [-0.25, -0.2) is 9.37 Å². The predicted octanol–water partition coefficient (Wildman–Crippen LogP) is 3.89. The van der Waals surface area contributed by atoms with Crippen LogP contribution in [0.3, 0.4) is 0 Å². The molecule has 0 aliphatic heterocycles. The third kappa shape index (κ3) is 4.01. The molecule has 0 saturated carbocycles. The lowest BCUT2D eigenvalue weighted by molar-refractivity contribution is -0.142. The summed E-state index contributed by atoms with van der Waals surface area (Å²) in [5.74, 6) is -0.655. The molecular formula is C13H12BrFN2O2S. The summed E-state index contributed by atoms with van der Waals surface area (Å²) in [6.45, 7) is 2.11. The zero-order chi connectivity index (χ0) is 14.5. The molecule has 0 spiro atoms. The number of carbonyl (C=O) groups excluding carboxylic acids is 1. The maximum absolute atomic E-state index is 13.4. The first kappa shape index (κ1) is 14.9. The van der Waals surface area contributed by atoms with Gasteiger partial charge in [0, 0.05) is 11.1 Å². The minimum absolute atomic E-state index is 0.140. The molecule has 1 heterocycles. The molecule has 0 atom stereocenters. The molecule has 0 radical (unpaired) electrons. The molecule has 1 aromatic heterocycles. The molecule has 7 heteroatoms. The van der Waals surface area contributed by atoms with Crippen LogP contribution in [0.4, 0.5) is 15.2 Å². The lowest BCUT2D eigenvalue weighted by atomic mass is 10.3. The van der Waals surface area contributed by atoms with Crippen molar-refractivity contribution in [3.05, 3.63) is 39.6 Å². The number of nitrogens with one attached hydrogen (secondary N) is 1. The molecule has 2 rings (SSSR count). The Hall–Kier alpha value is -1.47. The molecule has 106 valence electrons. The van der Waals surface area contributed by atoms with Crippen LogP contribution in [-0.4, -0.2) is 17.6 Å². The number of thiazole rings is 1. The van der Waals surface area contributed by atoms with Gasteiger partial charge in [0.25, 0.3) is 0 Å². The second kappa shape index (κ2) is 6.81. The summed E-state index contributed by atoms with van der Waals surface area (Å²) in [7, 11) is 0. The smallest absolute Gasteiger partial charge is 0.311 e. The lowest BCUT2D eigenvalue weighted by Crippen LogP contribution is -2.07. The SMILES string of the molecule is CCOC(=O)Cc1csc(Nc2ccc(Br)c(F)c2)n1. The highest BCUT2D eigenvalue weighted by Gasteiger charge is 2.09. The largest absolute Gasteiger partial charge is 0.466 e. The highest BCUT2D eigenvalue weighted by atomic mass is 79.9. The summed E-state index contributed by atoms with van der Waals surface area (Å²) in [4.78, 5) is 15.6. The van der Waals surface area contributed by atoms with Crippen LogP contribution in [0.25, 0.3) is 0 Å². The Balaban J connectivity index is 2.02. The first-order valence-corrected chi connectivity index (χ1v) is 7.58. The molecule has 1 aromatic carbocycles. The molecule has 20 heavy (non-hydrogen) atoms. The van der Waals surface area contributed by atoms with Crippen LogP contribution in [0.1, 0.15) is 12.6 Å². The van der Waals surface area contributed by atoms with Crippen molar-refractivity contribution in [2.24, 2.45) is 0 Å². The van der Waals surface area contributed by atoms with Crippen LogP contribution < -0.4 is 5.32 Å². The molecule has 0 amide bonds. The number of hydrogen-bond acceptors (Lipinski definition) is 5. The van der Waals surface area contributed by atoms with E-state index in [1.165, 1.54) is 17.4 Å². The minimum atomic E-state index is -0.349. The summed E-state index contributed by atoms with van der Waals surface area (Å²) in [6, 6.07) is 4.72. The van der Waals surface area contributed by atoms with Gasteiger partial charge in [0.1, 0.15) is 5.82 Å². The quantitative estimate of drug-likeness (QED) is 0.823. The van der Waals surface area contributed by atoms with E-state index >= 15 is 0 Å². The van der Waals surface area contributed by atoms with Crippen LogP contribution >= 0.6 is 27.3 Å². The zero-order valence-electron chi connectivity index (χ0n) is 10.7. The van der Waals surface area contributed by atoms with Crippen molar-refractivity contribution in [1.29, 1.82) is 0 Å². The van der Waals surface area contributed by atoms with E-state index < -0.39 is 0 Å². The van der Waals surface area contributed by atoms with Crippen molar-refractivity contribution < 1.29 is 13.9 Å². The molecular weight excluding hydrogens is 347 g/mol. The molecule has 0 fully saturated rings. The van der Waals surface area contributed by atoms with Crippen molar-refractivity contribution in [2.75, 3.05) is 11.9 Å². The highest BCUT2D eigenvalue weighted by Crippen LogP contribution is 2.24. The fraction of sp³-hybridized carbons (Fsp3) is 0.231. The van der Waals surface area contributed by atoms with E-state index in [4.69, 9.17) is 4.74 Å². The molecule has 0 aliphatic carbocycles. The summed E-state index contributed by atoms with van der Waals surface area (Å²) in [6.07, 6.45) is 0.140. The standard InChI is InChI=1S/C13H12BrFN2O2S/c1-2-19-12(18)6-9-7-20-13(17-9)16-8-3-4-10(14)11(15)5-8/h3-5,7H,2,6H2,1H3,(H,16,17). The van der Waals surface area contributed by atoms with Crippen LogP contribution in [-0.2, 0) is 16.0 Å². The number of benzene rings is 1. The van der Waals surface area contributed by atoms with Gasteiger partial charge in [-0.15, -0.1) is 11.3 Å². The number of anilines is 2. The summed E-state index contributed by atoms with van der Waals surface area (Å²) >= 11 is 4.44. The zero-order valence-corrected chi connectivity index (χ0v) is 13.1. The number of rotatable bonds is 5. The van der Waals surface area contributed by atoms with Gasteiger partial charge in [-0.2, -0.15) is 0 Å². The monoisotopic (exact) mass is 358 g/mol. The van der Waals surface area contributed by atoms with Crippen molar-refractivity contribution in [3.63, 3.8) is 0 Å². The Morgan fingerprint density at radius 2 is 2.35 bits per heavy atom. The van der Waals surface area contributed by atoms with Crippen LogP contribution in [0.2, 0.25) is 0 Å². The number of nitrogens with zero attached hydrogens (tertiary/aromatic N) is 1. The van der Waals surface area contributed by atoms with Gasteiger partial charge in [-0.1, -0.05) is 0 Å². The Bertz CT molecular complexity index is 618. The van der Waals surface area contributed by atoms with E-state index in [2.05, 4.69) is 26.2 Å². The van der Waals surface area contributed by atoms with Crippen LogP contribution in [0, 0.1) is 5.82 Å². The van der Waals surface area contributed by atoms with Gasteiger partial charge in [-0.05, 0) is 41.1 Å². The first-order chi connectivity index (χ1) is 9.58. The number of esters is 1. The summed E-state index contributed by atoms with van der Waals surface area (Å²) in [5.41, 5.74) is 1.23. The fourth-order valence-corrected chi connectivity index (χ4v) is 2.48. The van der Waals surface area contributed by atoms with Crippen LogP contribution in [0.5, 0.6) is 0 Å². The van der Waals surface area contributed by atoms with Gasteiger partial charge >= 0.3 is 5.97 Å². The minimum Gasteiger partial charge on any atom is -0.466 e. The van der Waals surface area contributed by atoms with Crippen molar-refractivity contribution >= 4 is 44.1 Å². The second-order valence-electron chi connectivity index (χ2n) is 3.88. The molecule has 0 bridgehead atoms. The lowest BCUT2D eigenvalue weighted by Gasteiger charge is -2.03. The van der Waals surface area contributed by atoms with Gasteiger partial charge in [0.05, 0.1) is 23.2 Å². The number of hydrogen-bond donors (Lipinski definition) is 1. The Morgan fingerprint density at radius 3 is 3.05 bits per heavy atom. The first-order valence-electron chi connectivity index (χ1n) is 5.90. The molecule has 0 unspecified atom stereocenters. The normalized spacial score (nSPS) is 10.3. The molecule has 4 nitrogen and oxygen atoms in total. The van der Waals surface area contributed by atoms with E-state index in [1.807, 2.05) is 0 Å². The second-order valence-corrected chi connectivity index (χ2v) is 5.59. The average molecular weight is 359 g/mol. The van der Waals surface area contributed by atoms with Crippen molar-refractivity contribution in [1.82, 2.24) is 4.98 Å². The van der Waals surface area contributed by atoms with Crippen LogP contribution in [0.15, 0.2) is 28.1 Å². The van der Waals surface area contributed by atoms with E-state index in [1.54, 1.807) is 24.4 Å². The molecule has 0 aliphatic rings. The van der Waals surface area contributed by atoms with Crippen molar-refractivity contribution in [3.8, 4) is 0 Å². The Morgan fingerprint density at radius 1 is 1.55 bits per heavy atom. The fourth-order valence-electron chi connectivity index (χ4n) is 1.50. The maximum atomic E-state index is 13.4. The number of ether oxygens (including phenoxy) is 1. The van der Waals surface area contributed by atoms with Crippen molar-refractivity contribution in [2.45, 2.75) is 13.3 Å². The predicted molar refractivity (Wildman–Crippen MR) is 79.8 cm³/mol. The Labute approximate surface area is 128 Å². The third-order valence-corrected chi connectivity index (χ3v) is 3.80. The molecule has 1 N–H and O–H groups in total. The topological polar surface area (TPSA) is 51.2 Å². The Kier molecular flexibility index (Phi) is 5.08. The number of carbonyl (C=O) groups is 1. The molecule has 0 saturated heterocycles. The van der Waals surface area contributed by atoms with Gasteiger partial charge in [0.15, 0.2) is 5.13 Å². The van der Waals surface area contributed by atoms with Gasteiger partial charge in [-0.3, -0.25) is 4.79 Å². The highest BCUT2D eigenvalue weighted by molar-refractivity contribution is 9.10. The molecule has 2 aromatic rings. The van der Waals surface area contributed by atoms with Gasteiger partial charge < -0.3 is 10.1 Å². The average Bonchev–Trinajstić information content (AvgIpc) is 2.81. The number of aromatic nitrogens is 1. The summed E-state index contributed by atoms with van der Waals surface area (Å²) < 4.78 is 18.6. The maximum Gasteiger partial charge on any atom is 0.311 e.